The Balaban J connectivity index is 1.53. The average Bonchev–Trinajstić information content (AvgIpc) is 3.02. The van der Waals surface area contributed by atoms with E-state index < -0.39 is 12.1 Å². The van der Waals surface area contributed by atoms with Gasteiger partial charge in [-0.25, -0.2) is 0 Å². The molecule has 0 saturated carbocycles. The van der Waals surface area contributed by atoms with E-state index >= 15 is 0 Å². The molecule has 2 atom stereocenters. The van der Waals surface area contributed by atoms with Crippen molar-refractivity contribution in [2.24, 2.45) is 0 Å². The second-order valence-electron chi connectivity index (χ2n) is 6.10. The Labute approximate surface area is 144 Å². The summed E-state index contributed by atoms with van der Waals surface area (Å²) in [6, 6.07) is 6.37. The maximum absolute atomic E-state index is 12.3. The number of amides is 2. The van der Waals surface area contributed by atoms with Crippen LogP contribution in [0.1, 0.15) is 28.4 Å². The van der Waals surface area contributed by atoms with Crippen LogP contribution in [0.3, 0.4) is 0 Å². The van der Waals surface area contributed by atoms with E-state index in [-0.39, 0.29) is 24.8 Å². The molecule has 0 bridgehead atoms. The molecule has 0 aliphatic carbocycles. The maximum Gasteiger partial charge on any atom is 0.270 e. The predicted octanol–water partition coefficient (Wildman–Crippen LogP) is 0.312. The van der Waals surface area contributed by atoms with Crippen LogP contribution in [0.2, 0.25) is 0 Å². The lowest BCUT2D eigenvalue weighted by Crippen LogP contribution is -2.55. The van der Waals surface area contributed by atoms with Gasteiger partial charge in [-0.05, 0) is 25.5 Å². The smallest absolute Gasteiger partial charge is 0.270 e. The van der Waals surface area contributed by atoms with Crippen molar-refractivity contribution in [1.29, 1.82) is 0 Å². The maximum atomic E-state index is 12.3. The highest BCUT2D eigenvalue weighted by atomic mass is 16.5. The molecule has 8 heteroatoms. The van der Waals surface area contributed by atoms with E-state index in [4.69, 9.17) is 4.52 Å². The molecule has 1 saturated heterocycles. The van der Waals surface area contributed by atoms with E-state index in [9.17, 15) is 14.7 Å². The predicted molar refractivity (Wildman–Crippen MR) is 87.6 cm³/mol. The van der Waals surface area contributed by atoms with Gasteiger partial charge in [0.05, 0.1) is 24.3 Å². The molecule has 0 unspecified atom stereocenters. The van der Waals surface area contributed by atoms with Crippen molar-refractivity contribution in [3.05, 3.63) is 47.6 Å². The lowest BCUT2D eigenvalue weighted by atomic mass is 10.0. The summed E-state index contributed by atoms with van der Waals surface area (Å²) in [5, 5.41) is 16.8. The zero-order valence-corrected chi connectivity index (χ0v) is 13.9. The van der Waals surface area contributed by atoms with Crippen molar-refractivity contribution >= 4 is 11.8 Å². The third-order valence-corrected chi connectivity index (χ3v) is 4.15. The molecule has 1 aliphatic rings. The van der Waals surface area contributed by atoms with Crippen LogP contribution in [-0.2, 0) is 11.2 Å². The molecule has 2 aromatic heterocycles. The molecular weight excluding hydrogens is 324 g/mol. The summed E-state index contributed by atoms with van der Waals surface area (Å²) >= 11 is 0. The van der Waals surface area contributed by atoms with Crippen LogP contribution >= 0.6 is 0 Å². The van der Waals surface area contributed by atoms with E-state index in [1.165, 1.54) is 6.20 Å². The molecule has 3 rings (SSSR count). The number of aryl methyl sites for hydroxylation is 1. The minimum atomic E-state index is -0.832. The molecular formula is C17H20N4O4. The Morgan fingerprint density at radius 1 is 1.44 bits per heavy atom. The van der Waals surface area contributed by atoms with E-state index in [1.807, 2.05) is 0 Å². The number of hydrogen-bond donors (Lipinski definition) is 2. The van der Waals surface area contributed by atoms with Crippen LogP contribution in [0.4, 0.5) is 0 Å². The molecule has 0 spiro atoms. The van der Waals surface area contributed by atoms with E-state index in [0.717, 1.165) is 5.69 Å². The highest BCUT2D eigenvalue weighted by Crippen LogP contribution is 2.14. The quantitative estimate of drug-likeness (QED) is 0.826. The van der Waals surface area contributed by atoms with Crippen molar-refractivity contribution < 1.29 is 19.2 Å². The molecule has 1 fully saturated rings. The third-order valence-electron chi connectivity index (χ3n) is 4.15. The summed E-state index contributed by atoms with van der Waals surface area (Å²) in [6.07, 6.45) is 1.29. The van der Waals surface area contributed by atoms with Crippen LogP contribution in [0, 0.1) is 6.92 Å². The summed E-state index contributed by atoms with van der Waals surface area (Å²) in [6.45, 7) is 2.41. The monoisotopic (exact) mass is 344 g/mol. The molecule has 0 radical (unpaired) electrons. The first-order valence-corrected chi connectivity index (χ1v) is 8.13. The first-order valence-electron chi connectivity index (χ1n) is 8.13. The third kappa shape index (κ3) is 4.21. The van der Waals surface area contributed by atoms with Crippen LogP contribution in [-0.4, -0.2) is 57.2 Å². The number of aliphatic hydroxyl groups is 1. The van der Waals surface area contributed by atoms with Gasteiger partial charge in [0.2, 0.25) is 5.91 Å². The van der Waals surface area contributed by atoms with Gasteiger partial charge >= 0.3 is 0 Å². The van der Waals surface area contributed by atoms with Crippen molar-refractivity contribution in [3.63, 3.8) is 0 Å². The first-order chi connectivity index (χ1) is 12.0. The van der Waals surface area contributed by atoms with Gasteiger partial charge in [-0.1, -0.05) is 11.2 Å². The lowest BCUT2D eigenvalue weighted by molar-refractivity contribution is -0.134. The van der Waals surface area contributed by atoms with Crippen molar-refractivity contribution in [2.75, 3.05) is 13.1 Å². The van der Waals surface area contributed by atoms with Crippen LogP contribution < -0.4 is 5.32 Å². The second kappa shape index (κ2) is 7.43. The van der Waals surface area contributed by atoms with Crippen LogP contribution in [0.25, 0.3) is 0 Å². The van der Waals surface area contributed by atoms with Crippen molar-refractivity contribution in [2.45, 2.75) is 31.9 Å². The molecule has 3 heterocycles. The molecule has 2 N–H and O–H groups in total. The number of aliphatic hydroxyl groups excluding tert-OH is 1. The fraction of sp³-hybridized carbons (Fsp3) is 0.412. The average molecular weight is 344 g/mol. The minimum absolute atomic E-state index is 0.110. The Morgan fingerprint density at radius 2 is 2.28 bits per heavy atom. The molecule has 1 aliphatic heterocycles. The number of piperidine rings is 1. The number of pyridine rings is 1. The zero-order valence-electron chi connectivity index (χ0n) is 13.9. The fourth-order valence-electron chi connectivity index (χ4n) is 2.83. The number of carbonyl (C=O) groups excluding carboxylic acids is 2. The van der Waals surface area contributed by atoms with Crippen molar-refractivity contribution in [1.82, 2.24) is 20.4 Å². The summed E-state index contributed by atoms with van der Waals surface area (Å²) < 4.78 is 5.05. The first kappa shape index (κ1) is 17.1. The Morgan fingerprint density at radius 3 is 2.92 bits per heavy atom. The van der Waals surface area contributed by atoms with Gasteiger partial charge in [-0.3, -0.25) is 14.6 Å². The number of hydrogen-bond acceptors (Lipinski definition) is 6. The van der Waals surface area contributed by atoms with Gasteiger partial charge in [0.1, 0.15) is 11.5 Å². The number of nitrogens with one attached hydrogen (secondary N) is 1. The Hall–Kier alpha value is -2.74. The highest BCUT2D eigenvalue weighted by molar-refractivity contribution is 5.92. The minimum Gasteiger partial charge on any atom is -0.389 e. The van der Waals surface area contributed by atoms with Gasteiger partial charge in [-0.2, -0.15) is 0 Å². The largest absolute Gasteiger partial charge is 0.389 e. The van der Waals surface area contributed by atoms with Gasteiger partial charge in [-0.15, -0.1) is 0 Å². The second-order valence-corrected chi connectivity index (χ2v) is 6.10. The highest BCUT2D eigenvalue weighted by Gasteiger charge is 2.31. The lowest BCUT2D eigenvalue weighted by Gasteiger charge is -2.36. The van der Waals surface area contributed by atoms with E-state index in [2.05, 4.69) is 15.5 Å². The van der Waals surface area contributed by atoms with Gasteiger partial charge in [0, 0.05) is 25.4 Å². The number of nitrogens with zero attached hydrogens (tertiary/aromatic N) is 3. The molecule has 25 heavy (non-hydrogen) atoms. The summed E-state index contributed by atoms with van der Waals surface area (Å²) in [4.78, 5) is 30.0. The number of rotatable bonds is 4. The Bertz CT molecular complexity index is 746. The standard InChI is InChI=1S/C17H20N4O4/c1-11-8-12(25-20-11)9-16(23)21-7-5-13(15(22)10-21)19-17(24)14-4-2-3-6-18-14/h2-4,6,8,13,15,22H,5,7,9-10H2,1H3,(H,19,24)/t13-,15-/m1/s1. The van der Waals surface area contributed by atoms with Gasteiger partial charge in [0.15, 0.2) is 0 Å². The molecule has 2 aromatic rings. The van der Waals surface area contributed by atoms with E-state index in [0.29, 0.717) is 24.4 Å². The summed E-state index contributed by atoms with van der Waals surface area (Å²) in [5.74, 6) is 0.0360. The number of likely N-dealkylation sites (tertiary alicyclic amines) is 1. The number of carbonyl (C=O) groups is 2. The summed E-state index contributed by atoms with van der Waals surface area (Å²) in [5.41, 5.74) is 1.02. The topological polar surface area (TPSA) is 109 Å². The fourth-order valence-corrected chi connectivity index (χ4v) is 2.83. The normalized spacial score (nSPS) is 20.3. The zero-order chi connectivity index (χ0) is 17.8. The number of β-amino-alcohol motifs (C(OH)–C–C–N with tert-alkyl or cyclic N) is 1. The number of aromatic nitrogens is 2. The molecule has 8 nitrogen and oxygen atoms in total. The molecule has 0 aromatic carbocycles. The van der Waals surface area contributed by atoms with Gasteiger partial charge < -0.3 is 19.8 Å². The molecule has 2 amide bonds. The SMILES string of the molecule is Cc1cc(CC(=O)N2CC[C@@H](NC(=O)c3ccccn3)[C@H](O)C2)on1. The van der Waals surface area contributed by atoms with Crippen LogP contribution in [0.5, 0.6) is 0 Å². The molecule has 132 valence electrons. The van der Waals surface area contributed by atoms with Crippen molar-refractivity contribution in [3.8, 4) is 0 Å². The van der Waals surface area contributed by atoms with E-state index in [1.54, 1.807) is 36.1 Å². The van der Waals surface area contributed by atoms with Crippen LogP contribution in [0.15, 0.2) is 35.0 Å². The Kier molecular flexibility index (Phi) is 5.08. The van der Waals surface area contributed by atoms with Gasteiger partial charge in [0.25, 0.3) is 5.91 Å². The summed E-state index contributed by atoms with van der Waals surface area (Å²) in [7, 11) is 0.